The summed E-state index contributed by atoms with van der Waals surface area (Å²) in [6.07, 6.45) is 3.30. The number of aromatic amines is 1. The van der Waals surface area contributed by atoms with E-state index in [2.05, 4.69) is 9.97 Å². The van der Waals surface area contributed by atoms with Gasteiger partial charge in [0.1, 0.15) is 0 Å². The van der Waals surface area contributed by atoms with Crippen LogP contribution in [-0.2, 0) is 11.2 Å². The Labute approximate surface area is 85.7 Å². The molecule has 0 saturated carbocycles. The second kappa shape index (κ2) is 3.61. The summed E-state index contributed by atoms with van der Waals surface area (Å²) in [7, 11) is 1.53. The standard InChI is InChI=1S/C10H10N2O3/c1-15-9-3-7-6(2-10(13)14)4-11-8(7)5-12-9/h3-5,11H,2H2,1H3,(H,13,14). The Balaban J connectivity index is 2.51. The molecule has 15 heavy (non-hydrogen) atoms. The van der Waals surface area contributed by atoms with Crippen LogP contribution in [-0.4, -0.2) is 28.2 Å². The second-order valence-electron chi connectivity index (χ2n) is 3.16. The van der Waals surface area contributed by atoms with Crippen LogP contribution < -0.4 is 4.74 Å². The summed E-state index contributed by atoms with van der Waals surface area (Å²) in [5.74, 6) is -0.375. The van der Waals surface area contributed by atoms with Gasteiger partial charge in [0.05, 0.1) is 25.2 Å². The van der Waals surface area contributed by atoms with Crippen molar-refractivity contribution in [2.24, 2.45) is 0 Å². The molecule has 2 aromatic heterocycles. The van der Waals surface area contributed by atoms with E-state index in [0.717, 1.165) is 16.5 Å². The maximum atomic E-state index is 10.6. The van der Waals surface area contributed by atoms with Crippen LogP contribution in [0.5, 0.6) is 5.88 Å². The van der Waals surface area contributed by atoms with Crippen molar-refractivity contribution in [3.8, 4) is 5.88 Å². The van der Waals surface area contributed by atoms with Crippen LogP contribution in [0.25, 0.3) is 10.9 Å². The molecule has 5 heteroatoms. The Kier molecular flexibility index (Phi) is 2.29. The number of methoxy groups -OCH3 is 1. The van der Waals surface area contributed by atoms with Crippen molar-refractivity contribution >= 4 is 16.9 Å². The van der Waals surface area contributed by atoms with Crippen molar-refractivity contribution in [2.45, 2.75) is 6.42 Å². The van der Waals surface area contributed by atoms with Gasteiger partial charge in [-0.1, -0.05) is 0 Å². The highest BCUT2D eigenvalue weighted by Gasteiger charge is 2.08. The molecule has 0 aromatic carbocycles. The maximum Gasteiger partial charge on any atom is 0.307 e. The third-order valence-corrected chi connectivity index (χ3v) is 2.18. The van der Waals surface area contributed by atoms with Gasteiger partial charge in [0, 0.05) is 17.6 Å². The molecule has 0 bridgehead atoms. The lowest BCUT2D eigenvalue weighted by molar-refractivity contribution is -0.136. The highest BCUT2D eigenvalue weighted by atomic mass is 16.5. The molecule has 0 saturated heterocycles. The van der Waals surface area contributed by atoms with Gasteiger partial charge in [-0.25, -0.2) is 4.98 Å². The normalized spacial score (nSPS) is 10.5. The summed E-state index contributed by atoms with van der Waals surface area (Å²) in [6, 6.07) is 1.73. The third-order valence-electron chi connectivity index (χ3n) is 2.18. The monoisotopic (exact) mass is 206 g/mol. The lowest BCUT2D eigenvalue weighted by atomic mass is 10.1. The molecule has 0 unspecified atom stereocenters. The van der Waals surface area contributed by atoms with Crippen LogP contribution in [0.1, 0.15) is 5.56 Å². The first-order valence-electron chi connectivity index (χ1n) is 4.42. The lowest BCUT2D eigenvalue weighted by Gasteiger charge is -1.98. The summed E-state index contributed by atoms with van der Waals surface area (Å²) in [6.45, 7) is 0. The highest BCUT2D eigenvalue weighted by molar-refractivity contribution is 5.87. The van der Waals surface area contributed by atoms with Crippen molar-refractivity contribution in [3.63, 3.8) is 0 Å². The number of pyridine rings is 1. The van der Waals surface area contributed by atoms with Gasteiger partial charge >= 0.3 is 5.97 Å². The molecule has 78 valence electrons. The molecule has 0 atom stereocenters. The number of hydrogen-bond acceptors (Lipinski definition) is 3. The Morgan fingerprint density at radius 2 is 2.47 bits per heavy atom. The van der Waals surface area contributed by atoms with Crippen LogP contribution in [0.15, 0.2) is 18.5 Å². The van der Waals surface area contributed by atoms with E-state index in [1.54, 1.807) is 18.5 Å². The minimum absolute atomic E-state index is 0.00678. The first kappa shape index (κ1) is 9.51. The minimum Gasteiger partial charge on any atom is -0.481 e. The van der Waals surface area contributed by atoms with Gasteiger partial charge in [0.15, 0.2) is 0 Å². The number of nitrogens with one attached hydrogen (secondary N) is 1. The second-order valence-corrected chi connectivity index (χ2v) is 3.16. The molecule has 0 spiro atoms. The fraction of sp³-hybridized carbons (Fsp3) is 0.200. The van der Waals surface area contributed by atoms with E-state index in [1.165, 1.54) is 7.11 Å². The highest BCUT2D eigenvalue weighted by Crippen LogP contribution is 2.21. The van der Waals surface area contributed by atoms with Crippen LogP contribution in [0.2, 0.25) is 0 Å². The van der Waals surface area contributed by atoms with Gasteiger partial charge in [0.25, 0.3) is 0 Å². The Hall–Kier alpha value is -2.04. The number of fused-ring (bicyclic) bond motifs is 1. The van der Waals surface area contributed by atoms with Gasteiger partial charge in [-0.05, 0) is 5.56 Å². The average Bonchev–Trinajstić information content (AvgIpc) is 2.60. The zero-order valence-electron chi connectivity index (χ0n) is 8.15. The molecule has 5 nitrogen and oxygen atoms in total. The third kappa shape index (κ3) is 1.76. The quantitative estimate of drug-likeness (QED) is 0.791. The molecular formula is C10H10N2O3. The topological polar surface area (TPSA) is 75.2 Å². The van der Waals surface area contributed by atoms with E-state index in [9.17, 15) is 4.79 Å². The van der Waals surface area contributed by atoms with Crippen LogP contribution in [0.4, 0.5) is 0 Å². The smallest absolute Gasteiger partial charge is 0.307 e. The number of hydrogen-bond donors (Lipinski definition) is 2. The number of carboxylic acid groups (broad SMARTS) is 1. The molecular weight excluding hydrogens is 196 g/mol. The van der Waals surface area contributed by atoms with Gasteiger partial charge in [-0.15, -0.1) is 0 Å². The van der Waals surface area contributed by atoms with E-state index in [4.69, 9.17) is 9.84 Å². The molecule has 2 N–H and O–H groups in total. The fourth-order valence-electron chi connectivity index (χ4n) is 1.48. The first-order valence-corrected chi connectivity index (χ1v) is 4.42. The summed E-state index contributed by atoms with van der Waals surface area (Å²) < 4.78 is 4.98. The zero-order chi connectivity index (χ0) is 10.8. The molecule has 2 heterocycles. The SMILES string of the molecule is COc1cc2c(CC(=O)O)c[nH]c2cn1. The molecule has 0 radical (unpaired) electrons. The largest absolute Gasteiger partial charge is 0.481 e. The van der Waals surface area contributed by atoms with E-state index in [0.29, 0.717) is 5.88 Å². The van der Waals surface area contributed by atoms with Gasteiger partial charge in [-0.2, -0.15) is 0 Å². The Bertz CT molecular complexity index is 504. The number of ether oxygens (including phenoxy) is 1. The summed E-state index contributed by atoms with van der Waals surface area (Å²) in [5.41, 5.74) is 1.55. The molecule has 0 amide bonds. The van der Waals surface area contributed by atoms with E-state index in [-0.39, 0.29) is 6.42 Å². The number of nitrogens with zero attached hydrogens (tertiary/aromatic N) is 1. The summed E-state index contributed by atoms with van der Waals surface area (Å²) >= 11 is 0. The number of carboxylic acids is 1. The fourth-order valence-corrected chi connectivity index (χ4v) is 1.48. The zero-order valence-corrected chi connectivity index (χ0v) is 8.15. The van der Waals surface area contributed by atoms with E-state index < -0.39 is 5.97 Å². The van der Waals surface area contributed by atoms with Crippen LogP contribution in [0.3, 0.4) is 0 Å². The Morgan fingerprint density at radius 3 is 3.13 bits per heavy atom. The molecule has 0 aliphatic carbocycles. The van der Waals surface area contributed by atoms with E-state index >= 15 is 0 Å². The predicted octanol–water partition coefficient (Wildman–Crippen LogP) is 1.20. The lowest BCUT2D eigenvalue weighted by Crippen LogP contribution is -1.99. The van der Waals surface area contributed by atoms with Gasteiger partial charge < -0.3 is 14.8 Å². The van der Waals surface area contributed by atoms with Crippen molar-refractivity contribution in [1.82, 2.24) is 9.97 Å². The molecule has 0 aliphatic rings. The number of aromatic nitrogens is 2. The van der Waals surface area contributed by atoms with Crippen LogP contribution >= 0.6 is 0 Å². The number of H-pyrrole nitrogens is 1. The van der Waals surface area contributed by atoms with E-state index in [1.807, 2.05) is 0 Å². The van der Waals surface area contributed by atoms with Crippen LogP contribution in [0, 0.1) is 0 Å². The molecule has 0 aliphatic heterocycles. The molecule has 2 aromatic rings. The summed E-state index contributed by atoms with van der Waals surface area (Å²) in [5, 5.41) is 9.55. The number of aliphatic carboxylic acids is 1. The average molecular weight is 206 g/mol. The minimum atomic E-state index is -0.855. The number of rotatable bonds is 3. The Morgan fingerprint density at radius 1 is 1.67 bits per heavy atom. The van der Waals surface area contributed by atoms with Gasteiger partial charge in [0.2, 0.25) is 5.88 Å². The number of carbonyl (C=O) groups is 1. The van der Waals surface area contributed by atoms with Crippen molar-refractivity contribution in [1.29, 1.82) is 0 Å². The van der Waals surface area contributed by atoms with Crippen molar-refractivity contribution in [3.05, 3.63) is 24.0 Å². The van der Waals surface area contributed by atoms with Gasteiger partial charge in [-0.3, -0.25) is 4.79 Å². The molecule has 2 rings (SSSR count). The predicted molar refractivity (Wildman–Crippen MR) is 54.0 cm³/mol. The first-order chi connectivity index (χ1) is 7.20. The molecule has 0 fully saturated rings. The summed E-state index contributed by atoms with van der Waals surface area (Å²) in [4.78, 5) is 17.6. The van der Waals surface area contributed by atoms with Crippen molar-refractivity contribution in [2.75, 3.05) is 7.11 Å². The maximum absolute atomic E-state index is 10.6. The van der Waals surface area contributed by atoms with Crippen molar-refractivity contribution < 1.29 is 14.6 Å².